The molecule has 2 aromatic carbocycles. The SMILES string of the molecule is CCOc1cc(C=NNc2nc(C)cs2)ccc1OCC(=O)Nc1ccccc1Cl. The van der Waals surface area contributed by atoms with E-state index in [-0.39, 0.29) is 12.5 Å². The maximum atomic E-state index is 12.2. The van der Waals surface area contributed by atoms with Crippen molar-refractivity contribution in [3.8, 4) is 11.5 Å². The molecule has 0 aliphatic heterocycles. The van der Waals surface area contributed by atoms with Crippen LogP contribution in [0.25, 0.3) is 0 Å². The van der Waals surface area contributed by atoms with Crippen LogP contribution in [0.5, 0.6) is 11.5 Å². The first-order valence-corrected chi connectivity index (χ1v) is 10.5. The summed E-state index contributed by atoms with van der Waals surface area (Å²) in [6.45, 7) is 4.08. The quantitative estimate of drug-likeness (QED) is 0.359. The second-order valence-corrected chi connectivity index (χ2v) is 7.39. The minimum absolute atomic E-state index is 0.177. The Balaban J connectivity index is 1.61. The van der Waals surface area contributed by atoms with E-state index in [1.807, 2.05) is 25.3 Å². The summed E-state index contributed by atoms with van der Waals surface area (Å²) in [4.78, 5) is 16.5. The number of hydrazone groups is 1. The monoisotopic (exact) mass is 444 g/mol. The maximum Gasteiger partial charge on any atom is 0.262 e. The Morgan fingerprint density at radius 3 is 2.80 bits per heavy atom. The van der Waals surface area contributed by atoms with Crippen LogP contribution in [-0.2, 0) is 4.79 Å². The molecule has 0 unspecified atom stereocenters. The molecule has 0 atom stereocenters. The summed E-state index contributed by atoms with van der Waals surface area (Å²) in [5.41, 5.74) is 5.18. The zero-order valence-corrected chi connectivity index (χ0v) is 18.1. The highest BCUT2D eigenvalue weighted by atomic mass is 35.5. The molecule has 0 spiro atoms. The standard InChI is InChI=1S/C21H21ClN4O3S/c1-3-28-19-10-15(11-23-26-21-24-14(2)13-30-21)8-9-18(19)29-12-20(27)25-17-7-5-4-6-16(17)22/h4-11,13H,3,12H2,1-2H3,(H,24,26)(H,25,27). The fourth-order valence-corrected chi connectivity index (χ4v) is 3.27. The van der Waals surface area contributed by atoms with Crippen molar-refractivity contribution >= 4 is 45.9 Å². The zero-order valence-electron chi connectivity index (χ0n) is 16.5. The second kappa shape index (κ2) is 10.6. The third-order valence-corrected chi connectivity index (χ3v) is 4.96. The number of nitrogens with zero attached hydrogens (tertiary/aromatic N) is 2. The summed E-state index contributed by atoms with van der Waals surface area (Å²) in [6, 6.07) is 12.4. The first-order valence-electron chi connectivity index (χ1n) is 9.20. The smallest absolute Gasteiger partial charge is 0.262 e. The Morgan fingerprint density at radius 1 is 1.23 bits per heavy atom. The van der Waals surface area contributed by atoms with Gasteiger partial charge in [-0.25, -0.2) is 4.98 Å². The van der Waals surface area contributed by atoms with E-state index in [9.17, 15) is 4.79 Å². The van der Waals surface area contributed by atoms with Gasteiger partial charge in [-0.05, 0) is 49.7 Å². The summed E-state index contributed by atoms with van der Waals surface area (Å²) in [5.74, 6) is 0.669. The fraction of sp³-hybridized carbons (Fsp3) is 0.190. The molecular formula is C21H21ClN4O3S. The molecule has 30 heavy (non-hydrogen) atoms. The number of hydrogen-bond donors (Lipinski definition) is 2. The first kappa shape index (κ1) is 21.6. The van der Waals surface area contributed by atoms with Crippen LogP contribution in [0.4, 0.5) is 10.8 Å². The lowest BCUT2D eigenvalue weighted by atomic mass is 10.2. The lowest BCUT2D eigenvalue weighted by molar-refractivity contribution is -0.118. The Hall–Kier alpha value is -3.10. The lowest BCUT2D eigenvalue weighted by Gasteiger charge is -2.13. The predicted octanol–water partition coefficient (Wildman–Crippen LogP) is 4.97. The molecule has 0 aliphatic rings. The first-order chi connectivity index (χ1) is 14.5. The Morgan fingerprint density at radius 2 is 2.07 bits per heavy atom. The Bertz CT molecular complexity index is 1040. The fourth-order valence-electron chi connectivity index (χ4n) is 2.45. The molecule has 0 radical (unpaired) electrons. The predicted molar refractivity (Wildman–Crippen MR) is 121 cm³/mol. The van der Waals surface area contributed by atoms with Gasteiger partial charge in [0.25, 0.3) is 5.91 Å². The van der Waals surface area contributed by atoms with Crippen LogP contribution in [0, 0.1) is 6.92 Å². The number of aromatic nitrogens is 1. The summed E-state index contributed by atoms with van der Waals surface area (Å²) >= 11 is 7.54. The number of carbonyl (C=O) groups excluding carboxylic acids is 1. The van der Waals surface area contributed by atoms with E-state index in [4.69, 9.17) is 21.1 Å². The van der Waals surface area contributed by atoms with Crippen molar-refractivity contribution in [1.82, 2.24) is 4.98 Å². The molecule has 0 aliphatic carbocycles. The van der Waals surface area contributed by atoms with Crippen LogP contribution in [0.1, 0.15) is 18.2 Å². The van der Waals surface area contributed by atoms with Crippen molar-refractivity contribution in [3.05, 3.63) is 64.1 Å². The number of ether oxygens (including phenoxy) is 2. The van der Waals surface area contributed by atoms with Gasteiger partial charge >= 0.3 is 0 Å². The summed E-state index contributed by atoms with van der Waals surface area (Å²) < 4.78 is 11.3. The number of aryl methyl sites for hydroxylation is 1. The molecule has 1 heterocycles. The van der Waals surface area contributed by atoms with E-state index in [1.165, 1.54) is 11.3 Å². The molecule has 0 bridgehead atoms. The molecule has 0 fully saturated rings. The number of nitrogens with one attached hydrogen (secondary N) is 2. The average Bonchev–Trinajstić information content (AvgIpc) is 3.14. The van der Waals surface area contributed by atoms with Crippen LogP contribution in [0.3, 0.4) is 0 Å². The summed E-state index contributed by atoms with van der Waals surface area (Å²) in [6.07, 6.45) is 1.66. The number of para-hydroxylation sites is 1. The number of rotatable bonds is 9. The van der Waals surface area contributed by atoms with E-state index >= 15 is 0 Å². The maximum absolute atomic E-state index is 12.2. The molecule has 156 valence electrons. The van der Waals surface area contributed by atoms with Gasteiger partial charge in [0.05, 0.1) is 29.2 Å². The summed E-state index contributed by atoms with van der Waals surface area (Å²) in [7, 11) is 0. The highest BCUT2D eigenvalue weighted by Crippen LogP contribution is 2.28. The van der Waals surface area contributed by atoms with Gasteiger partial charge in [-0.3, -0.25) is 10.2 Å². The molecule has 0 saturated carbocycles. The third-order valence-electron chi connectivity index (χ3n) is 3.77. The lowest BCUT2D eigenvalue weighted by Crippen LogP contribution is -2.20. The third kappa shape index (κ3) is 6.20. The van der Waals surface area contributed by atoms with Gasteiger partial charge in [0, 0.05) is 5.38 Å². The minimum atomic E-state index is -0.320. The molecular weight excluding hydrogens is 424 g/mol. The average molecular weight is 445 g/mol. The molecule has 1 amide bonds. The van der Waals surface area contributed by atoms with Gasteiger partial charge < -0.3 is 14.8 Å². The molecule has 3 rings (SSSR count). The molecule has 1 aromatic heterocycles. The van der Waals surface area contributed by atoms with E-state index in [0.717, 1.165) is 16.4 Å². The minimum Gasteiger partial charge on any atom is -0.490 e. The van der Waals surface area contributed by atoms with Crippen LogP contribution in [0.15, 0.2) is 52.9 Å². The number of carbonyl (C=O) groups is 1. The number of halogens is 1. The highest BCUT2D eigenvalue weighted by Gasteiger charge is 2.10. The van der Waals surface area contributed by atoms with Gasteiger partial charge in [0.1, 0.15) is 0 Å². The van der Waals surface area contributed by atoms with E-state index in [1.54, 1.807) is 42.6 Å². The Kier molecular flexibility index (Phi) is 7.64. The number of thiazole rings is 1. The zero-order chi connectivity index (χ0) is 21.3. The van der Waals surface area contributed by atoms with Gasteiger partial charge in [0.2, 0.25) is 5.13 Å². The van der Waals surface area contributed by atoms with Crippen LogP contribution >= 0.6 is 22.9 Å². The van der Waals surface area contributed by atoms with Gasteiger partial charge in [0.15, 0.2) is 18.1 Å². The van der Waals surface area contributed by atoms with Crippen molar-refractivity contribution in [2.24, 2.45) is 5.10 Å². The van der Waals surface area contributed by atoms with Gasteiger partial charge in [-0.1, -0.05) is 23.7 Å². The molecule has 2 N–H and O–H groups in total. The van der Waals surface area contributed by atoms with E-state index in [2.05, 4.69) is 20.8 Å². The van der Waals surface area contributed by atoms with E-state index in [0.29, 0.717) is 28.8 Å². The number of amides is 1. The molecule has 7 nitrogen and oxygen atoms in total. The molecule has 9 heteroatoms. The van der Waals surface area contributed by atoms with Crippen LogP contribution in [0.2, 0.25) is 5.02 Å². The van der Waals surface area contributed by atoms with Crippen molar-refractivity contribution in [2.75, 3.05) is 24.0 Å². The van der Waals surface area contributed by atoms with Gasteiger partial charge in [-0.2, -0.15) is 5.10 Å². The highest BCUT2D eigenvalue weighted by molar-refractivity contribution is 7.13. The van der Waals surface area contributed by atoms with Crippen molar-refractivity contribution in [3.63, 3.8) is 0 Å². The summed E-state index contributed by atoms with van der Waals surface area (Å²) in [5, 5.41) is 10.0. The normalized spacial score (nSPS) is 10.8. The van der Waals surface area contributed by atoms with Crippen LogP contribution < -0.4 is 20.2 Å². The van der Waals surface area contributed by atoms with E-state index < -0.39 is 0 Å². The van der Waals surface area contributed by atoms with Gasteiger partial charge in [-0.15, -0.1) is 11.3 Å². The van der Waals surface area contributed by atoms with Crippen LogP contribution in [-0.4, -0.2) is 30.3 Å². The topological polar surface area (TPSA) is 84.8 Å². The molecule has 3 aromatic rings. The van der Waals surface area contributed by atoms with Crippen molar-refractivity contribution in [1.29, 1.82) is 0 Å². The second-order valence-electron chi connectivity index (χ2n) is 6.12. The number of hydrogen-bond acceptors (Lipinski definition) is 7. The number of anilines is 2. The van der Waals surface area contributed by atoms with Crippen molar-refractivity contribution in [2.45, 2.75) is 13.8 Å². The molecule has 0 saturated heterocycles. The Labute approximate surface area is 183 Å². The van der Waals surface area contributed by atoms with Crippen molar-refractivity contribution < 1.29 is 14.3 Å². The largest absolute Gasteiger partial charge is 0.490 e. The number of benzene rings is 2.